The molecule has 0 aliphatic heterocycles. The zero-order chi connectivity index (χ0) is 20.7. The Bertz CT molecular complexity index is 1220. The fourth-order valence-electron chi connectivity index (χ4n) is 3.62. The van der Waals surface area contributed by atoms with Crippen LogP contribution in [0.1, 0.15) is 46.4 Å². The van der Waals surface area contributed by atoms with Gasteiger partial charge in [0.1, 0.15) is 5.76 Å². The van der Waals surface area contributed by atoms with Gasteiger partial charge in [-0.3, -0.25) is 4.79 Å². The molecule has 2 aromatic heterocycles. The van der Waals surface area contributed by atoms with Crippen molar-refractivity contribution in [2.45, 2.75) is 32.6 Å². The normalized spacial score (nSPS) is 13.4. The Morgan fingerprint density at radius 3 is 2.57 bits per heavy atom. The van der Waals surface area contributed by atoms with Gasteiger partial charge in [0.25, 0.3) is 5.91 Å². The van der Waals surface area contributed by atoms with E-state index in [1.165, 1.54) is 0 Å². The predicted molar refractivity (Wildman–Crippen MR) is 115 cm³/mol. The summed E-state index contributed by atoms with van der Waals surface area (Å²) < 4.78 is 7.87. The maximum Gasteiger partial charge on any atom is 0.277 e. The lowest BCUT2D eigenvalue weighted by atomic mass is 10.2. The molecule has 0 atom stereocenters. The second-order valence-electron chi connectivity index (χ2n) is 7.72. The lowest BCUT2D eigenvalue weighted by Gasteiger charge is -2.08. The average Bonchev–Trinajstić information content (AvgIpc) is 3.40. The third-order valence-electron chi connectivity index (χ3n) is 5.20. The summed E-state index contributed by atoms with van der Waals surface area (Å²) in [7, 11) is 0. The minimum absolute atomic E-state index is 0.256. The van der Waals surface area contributed by atoms with Gasteiger partial charge in [0.05, 0.1) is 11.4 Å². The minimum Gasteiger partial charge on any atom is -0.440 e. The van der Waals surface area contributed by atoms with Gasteiger partial charge >= 0.3 is 0 Å². The molecule has 150 valence electrons. The van der Waals surface area contributed by atoms with E-state index in [9.17, 15) is 4.79 Å². The summed E-state index contributed by atoms with van der Waals surface area (Å²) in [5.41, 5.74) is 4.81. The van der Waals surface area contributed by atoms with Crippen LogP contribution in [0.25, 0.3) is 17.1 Å². The zero-order valence-corrected chi connectivity index (χ0v) is 16.9. The van der Waals surface area contributed by atoms with E-state index in [4.69, 9.17) is 4.42 Å². The molecule has 5 rings (SSSR count). The molecule has 1 saturated carbocycles. The molecule has 4 aromatic rings. The molecular formula is C24H22N4O2. The van der Waals surface area contributed by atoms with E-state index < -0.39 is 0 Å². The van der Waals surface area contributed by atoms with E-state index in [2.05, 4.69) is 15.4 Å². The molecule has 2 aromatic carbocycles. The van der Waals surface area contributed by atoms with Gasteiger partial charge in [-0.1, -0.05) is 24.3 Å². The highest BCUT2D eigenvalue weighted by molar-refractivity contribution is 6.04. The third-order valence-corrected chi connectivity index (χ3v) is 5.20. The van der Waals surface area contributed by atoms with E-state index in [0.29, 0.717) is 23.0 Å². The van der Waals surface area contributed by atoms with Crippen molar-refractivity contribution in [1.29, 1.82) is 0 Å². The first-order valence-electron chi connectivity index (χ1n) is 10.1. The molecule has 1 amide bonds. The number of carbonyl (C=O) groups is 1. The van der Waals surface area contributed by atoms with Crippen molar-refractivity contribution in [2.75, 3.05) is 5.32 Å². The molecule has 6 heteroatoms. The van der Waals surface area contributed by atoms with Crippen molar-refractivity contribution in [2.24, 2.45) is 0 Å². The fourth-order valence-corrected chi connectivity index (χ4v) is 3.62. The first-order valence-corrected chi connectivity index (χ1v) is 10.1. The molecular weight excluding hydrogens is 376 g/mol. The van der Waals surface area contributed by atoms with Gasteiger partial charge in [-0.25, -0.2) is 9.67 Å². The Hall–Kier alpha value is -3.67. The van der Waals surface area contributed by atoms with E-state index in [0.717, 1.165) is 35.5 Å². The number of aromatic nitrogens is 3. The SMILES string of the molecule is Cc1cc(C)n(-c2cccc(NC(=O)c3nc(-c4ccccc4)oc3C3CC3)c2)n1. The number of anilines is 1. The Kier molecular flexibility index (Phi) is 4.47. The summed E-state index contributed by atoms with van der Waals surface area (Å²) in [4.78, 5) is 17.6. The number of aryl methyl sites for hydroxylation is 2. The summed E-state index contributed by atoms with van der Waals surface area (Å²) in [6, 6.07) is 19.3. The maximum atomic E-state index is 13.1. The van der Waals surface area contributed by atoms with E-state index in [-0.39, 0.29) is 11.8 Å². The Morgan fingerprint density at radius 2 is 1.87 bits per heavy atom. The quantitative estimate of drug-likeness (QED) is 0.497. The Balaban J connectivity index is 1.44. The summed E-state index contributed by atoms with van der Waals surface area (Å²) in [5, 5.41) is 7.50. The molecule has 1 aliphatic carbocycles. The van der Waals surface area contributed by atoms with Gasteiger partial charge in [0.15, 0.2) is 5.69 Å². The standard InChI is InChI=1S/C24H22N4O2/c1-15-13-16(2)28(27-15)20-10-6-9-19(14-20)25-23(29)21-22(17-11-12-17)30-24(26-21)18-7-4-3-5-8-18/h3-10,13-14,17H,11-12H2,1-2H3,(H,25,29). The fraction of sp³-hybridized carbons (Fsp3) is 0.208. The van der Waals surface area contributed by atoms with Crippen molar-refractivity contribution in [3.63, 3.8) is 0 Å². The predicted octanol–water partition coefficient (Wildman–Crippen LogP) is 5.27. The second kappa shape index (κ2) is 7.30. The van der Waals surface area contributed by atoms with E-state index in [1.54, 1.807) is 0 Å². The summed E-state index contributed by atoms with van der Waals surface area (Å²) in [6.07, 6.45) is 2.05. The highest BCUT2D eigenvalue weighted by Crippen LogP contribution is 2.43. The van der Waals surface area contributed by atoms with Crippen LogP contribution in [0, 0.1) is 13.8 Å². The van der Waals surface area contributed by atoms with E-state index >= 15 is 0 Å². The third kappa shape index (κ3) is 3.52. The Morgan fingerprint density at radius 1 is 1.07 bits per heavy atom. The van der Waals surface area contributed by atoms with Crippen LogP contribution in [0.5, 0.6) is 0 Å². The number of rotatable bonds is 5. The smallest absolute Gasteiger partial charge is 0.277 e. The first kappa shape index (κ1) is 18.4. The molecule has 0 unspecified atom stereocenters. The van der Waals surface area contributed by atoms with Crippen LogP contribution in [0.3, 0.4) is 0 Å². The highest BCUT2D eigenvalue weighted by atomic mass is 16.4. The zero-order valence-electron chi connectivity index (χ0n) is 16.9. The Labute approximate surface area is 174 Å². The summed E-state index contributed by atoms with van der Waals surface area (Å²) in [6.45, 7) is 3.97. The summed E-state index contributed by atoms with van der Waals surface area (Å²) >= 11 is 0. The second-order valence-corrected chi connectivity index (χ2v) is 7.72. The van der Waals surface area contributed by atoms with Crippen molar-refractivity contribution in [1.82, 2.24) is 14.8 Å². The van der Waals surface area contributed by atoms with Gasteiger partial charge in [-0.05, 0) is 63.1 Å². The molecule has 1 fully saturated rings. The number of amides is 1. The van der Waals surface area contributed by atoms with E-state index in [1.807, 2.05) is 79.2 Å². The lowest BCUT2D eigenvalue weighted by Crippen LogP contribution is -2.14. The largest absolute Gasteiger partial charge is 0.440 e. The molecule has 30 heavy (non-hydrogen) atoms. The van der Waals surface area contributed by atoms with Crippen molar-refractivity contribution >= 4 is 11.6 Å². The minimum atomic E-state index is -0.256. The number of oxazole rings is 1. The number of carbonyl (C=O) groups excluding carboxylic acids is 1. The summed E-state index contributed by atoms with van der Waals surface area (Å²) in [5.74, 6) is 1.19. The molecule has 0 radical (unpaired) electrons. The molecule has 1 N–H and O–H groups in total. The van der Waals surface area contributed by atoms with Crippen molar-refractivity contribution in [3.05, 3.63) is 83.5 Å². The maximum absolute atomic E-state index is 13.1. The van der Waals surface area contributed by atoms with Crippen LogP contribution < -0.4 is 5.32 Å². The molecule has 6 nitrogen and oxygen atoms in total. The van der Waals surface area contributed by atoms with Crippen LogP contribution in [0.2, 0.25) is 0 Å². The number of hydrogen-bond donors (Lipinski definition) is 1. The number of nitrogens with zero attached hydrogens (tertiary/aromatic N) is 3. The topological polar surface area (TPSA) is 73.0 Å². The molecule has 0 saturated heterocycles. The lowest BCUT2D eigenvalue weighted by molar-refractivity contribution is 0.102. The molecule has 2 heterocycles. The molecule has 0 bridgehead atoms. The van der Waals surface area contributed by atoms with Gasteiger partial charge in [0.2, 0.25) is 5.89 Å². The number of benzene rings is 2. The van der Waals surface area contributed by atoms with Crippen LogP contribution in [-0.4, -0.2) is 20.7 Å². The van der Waals surface area contributed by atoms with Crippen LogP contribution in [0.15, 0.2) is 65.1 Å². The van der Waals surface area contributed by atoms with Crippen LogP contribution >= 0.6 is 0 Å². The van der Waals surface area contributed by atoms with Crippen molar-refractivity contribution in [3.8, 4) is 17.1 Å². The first-order chi connectivity index (χ1) is 14.6. The number of nitrogens with one attached hydrogen (secondary N) is 1. The van der Waals surface area contributed by atoms with Gasteiger partial charge in [0, 0.05) is 22.9 Å². The van der Waals surface area contributed by atoms with Gasteiger partial charge in [-0.2, -0.15) is 5.10 Å². The number of hydrogen-bond acceptors (Lipinski definition) is 4. The average molecular weight is 398 g/mol. The van der Waals surface area contributed by atoms with Gasteiger partial charge < -0.3 is 9.73 Å². The molecule has 0 spiro atoms. The van der Waals surface area contributed by atoms with Crippen LogP contribution in [-0.2, 0) is 0 Å². The van der Waals surface area contributed by atoms with Crippen molar-refractivity contribution < 1.29 is 9.21 Å². The molecule has 1 aliphatic rings. The van der Waals surface area contributed by atoms with Crippen LogP contribution in [0.4, 0.5) is 5.69 Å². The van der Waals surface area contributed by atoms with Gasteiger partial charge in [-0.15, -0.1) is 0 Å². The monoisotopic (exact) mass is 398 g/mol. The highest BCUT2D eigenvalue weighted by Gasteiger charge is 2.34.